The summed E-state index contributed by atoms with van der Waals surface area (Å²) in [5.74, 6) is -1.81. The van der Waals surface area contributed by atoms with E-state index in [1.54, 1.807) is 76.2 Å². The van der Waals surface area contributed by atoms with Gasteiger partial charge in [0.2, 0.25) is 0 Å². The van der Waals surface area contributed by atoms with Gasteiger partial charge < -0.3 is 25.4 Å². The number of hydrogen-bond acceptors (Lipinski definition) is 6. The van der Waals surface area contributed by atoms with E-state index in [2.05, 4.69) is 16.0 Å². The number of amides is 2. The molecule has 2 aromatic rings. The third-order valence-electron chi connectivity index (χ3n) is 5.31. The minimum Gasteiger partial charge on any atom is -0.463 e. The summed E-state index contributed by atoms with van der Waals surface area (Å²) < 4.78 is 10.6. The van der Waals surface area contributed by atoms with E-state index in [0.29, 0.717) is 44.5 Å². The van der Waals surface area contributed by atoms with Crippen LogP contribution in [-0.4, -0.2) is 31.2 Å². The number of nitrogens with one attached hydrogen (secondary N) is 3. The number of dihydropyridines is 1. The predicted octanol–water partition coefficient (Wildman–Crippen LogP) is 5.35. The van der Waals surface area contributed by atoms with Crippen LogP contribution in [0.15, 0.2) is 71.1 Å². The van der Waals surface area contributed by atoms with Crippen LogP contribution in [0.3, 0.4) is 0 Å². The number of esters is 2. The molecule has 1 heterocycles. The number of carbonyl (C=O) groups excluding carboxylic acids is 3. The Balaban J connectivity index is 1.97. The van der Waals surface area contributed by atoms with E-state index < -0.39 is 23.9 Å². The standard InChI is InChI=1S/C26H28ClN3O5/c1-5-34-24(31)21-15(3)28-16(4)22(25(32)35-6-2)23(21)17-9-7-11-19(13-17)29-26(33)30-20-12-8-10-18(27)14-20/h7-14,23,28H,5-6H2,1-4H3,(H2,29,30,33). The lowest BCUT2D eigenvalue weighted by Crippen LogP contribution is -2.32. The van der Waals surface area contributed by atoms with E-state index in [4.69, 9.17) is 21.1 Å². The van der Waals surface area contributed by atoms with Crippen molar-refractivity contribution in [2.45, 2.75) is 33.6 Å². The average Bonchev–Trinajstić information content (AvgIpc) is 2.78. The third kappa shape index (κ3) is 6.22. The first-order valence-corrected chi connectivity index (χ1v) is 11.6. The van der Waals surface area contributed by atoms with E-state index in [-0.39, 0.29) is 13.2 Å². The van der Waals surface area contributed by atoms with Gasteiger partial charge in [-0.25, -0.2) is 14.4 Å². The van der Waals surface area contributed by atoms with Crippen LogP contribution in [0.25, 0.3) is 0 Å². The highest BCUT2D eigenvalue weighted by Gasteiger charge is 2.38. The molecule has 0 bridgehead atoms. The van der Waals surface area contributed by atoms with Gasteiger partial charge in [0.05, 0.1) is 30.3 Å². The number of allylic oxidation sites excluding steroid dienone is 2. The number of hydrogen-bond donors (Lipinski definition) is 3. The fourth-order valence-electron chi connectivity index (χ4n) is 3.94. The van der Waals surface area contributed by atoms with Crippen LogP contribution in [0.5, 0.6) is 0 Å². The molecule has 0 spiro atoms. The van der Waals surface area contributed by atoms with Crippen molar-refractivity contribution >= 4 is 40.9 Å². The number of halogens is 1. The summed E-state index contributed by atoms with van der Waals surface area (Å²) in [5, 5.41) is 9.10. The van der Waals surface area contributed by atoms with Crippen LogP contribution >= 0.6 is 11.6 Å². The fraction of sp³-hybridized carbons (Fsp3) is 0.269. The zero-order valence-corrected chi connectivity index (χ0v) is 20.8. The summed E-state index contributed by atoms with van der Waals surface area (Å²) in [7, 11) is 0. The number of rotatable bonds is 7. The Morgan fingerprint density at radius 2 is 1.37 bits per heavy atom. The average molecular weight is 498 g/mol. The van der Waals surface area contributed by atoms with Crippen LogP contribution in [0.4, 0.5) is 16.2 Å². The molecule has 3 N–H and O–H groups in total. The molecule has 9 heteroatoms. The SMILES string of the molecule is CCOC(=O)C1=C(C)NC(C)=C(C(=O)OCC)C1c1cccc(NC(=O)Nc2cccc(Cl)c2)c1. The Labute approximate surface area is 209 Å². The first-order chi connectivity index (χ1) is 16.7. The maximum atomic E-state index is 12.9. The van der Waals surface area contributed by atoms with Crippen molar-refractivity contribution in [1.82, 2.24) is 5.32 Å². The molecular formula is C26H28ClN3O5. The third-order valence-corrected chi connectivity index (χ3v) is 5.55. The van der Waals surface area contributed by atoms with Crippen molar-refractivity contribution in [3.8, 4) is 0 Å². The second-order valence-electron chi connectivity index (χ2n) is 7.79. The van der Waals surface area contributed by atoms with Crippen molar-refractivity contribution in [3.05, 3.63) is 81.7 Å². The Hall–Kier alpha value is -3.78. The van der Waals surface area contributed by atoms with E-state index in [9.17, 15) is 14.4 Å². The number of anilines is 2. The van der Waals surface area contributed by atoms with Crippen molar-refractivity contribution in [2.75, 3.05) is 23.8 Å². The minimum absolute atomic E-state index is 0.186. The lowest BCUT2D eigenvalue weighted by Gasteiger charge is -2.30. The van der Waals surface area contributed by atoms with Crippen LogP contribution in [0, 0.1) is 0 Å². The molecule has 1 aliphatic heterocycles. The smallest absolute Gasteiger partial charge is 0.336 e. The maximum Gasteiger partial charge on any atom is 0.336 e. The molecule has 0 aliphatic carbocycles. The summed E-state index contributed by atoms with van der Waals surface area (Å²) in [6, 6.07) is 13.3. The summed E-state index contributed by atoms with van der Waals surface area (Å²) in [6.07, 6.45) is 0. The Bertz CT molecular complexity index is 1160. The molecule has 8 nitrogen and oxygen atoms in total. The summed E-state index contributed by atoms with van der Waals surface area (Å²) in [4.78, 5) is 38.4. The van der Waals surface area contributed by atoms with Gasteiger partial charge in [-0.3, -0.25) is 0 Å². The second kappa shape index (κ2) is 11.6. The number of ether oxygens (including phenoxy) is 2. The molecule has 1 aliphatic rings. The van der Waals surface area contributed by atoms with Crippen LogP contribution in [-0.2, 0) is 19.1 Å². The summed E-state index contributed by atoms with van der Waals surface area (Å²) >= 11 is 5.98. The second-order valence-corrected chi connectivity index (χ2v) is 8.23. The first kappa shape index (κ1) is 25.8. The molecule has 0 radical (unpaired) electrons. The molecule has 0 saturated heterocycles. The van der Waals surface area contributed by atoms with Gasteiger partial charge in [-0.2, -0.15) is 0 Å². The van der Waals surface area contributed by atoms with Gasteiger partial charge in [0.15, 0.2) is 0 Å². The molecule has 2 amide bonds. The van der Waals surface area contributed by atoms with Crippen molar-refractivity contribution in [3.63, 3.8) is 0 Å². The van der Waals surface area contributed by atoms with E-state index >= 15 is 0 Å². The highest BCUT2D eigenvalue weighted by molar-refractivity contribution is 6.30. The minimum atomic E-state index is -0.743. The zero-order valence-electron chi connectivity index (χ0n) is 20.0. The molecule has 0 fully saturated rings. The largest absolute Gasteiger partial charge is 0.463 e. The van der Waals surface area contributed by atoms with Crippen LogP contribution in [0.1, 0.15) is 39.2 Å². The van der Waals surface area contributed by atoms with Crippen molar-refractivity contribution in [2.24, 2.45) is 0 Å². The van der Waals surface area contributed by atoms with Gasteiger partial charge in [0, 0.05) is 27.8 Å². The van der Waals surface area contributed by atoms with Gasteiger partial charge in [-0.05, 0) is 63.6 Å². The molecule has 184 valence electrons. The van der Waals surface area contributed by atoms with Gasteiger partial charge in [0.1, 0.15) is 0 Å². The van der Waals surface area contributed by atoms with Gasteiger partial charge in [-0.1, -0.05) is 29.8 Å². The molecule has 0 atom stereocenters. The van der Waals surface area contributed by atoms with E-state index in [1.165, 1.54) is 0 Å². The van der Waals surface area contributed by atoms with E-state index in [1.807, 2.05) is 0 Å². The normalized spacial score (nSPS) is 13.7. The monoisotopic (exact) mass is 497 g/mol. The molecule has 0 saturated carbocycles. The molecule has 0 aromatic heterocycles. The topological polar surface area (TPSA) is 106 Å². The van der Waals surface area contributed by atoms with Crippen LogP contribution in [0.2, 0.25) is 5.02 Å². The molecule has 0 unspecified atom stereocenters. The maximum absolute atomic E-state index is 12.9. The summed E-state index contributed by atoms with van der Waals surface area (Å²) in [5.41, 5.74) is 3.41. The molecule has 35 heavy (non-hydrogen) atoms. The van der Waals surface area contributed by atoms with Crippen molar-refractivity contribution in [1.29, 1.82) is 0 Å². The van der Waals surface area contributed by atoms with Crippen LogP contribution < -0.4 is 16.0 Å². The number of urea groups is 1. The predicted molar refractivity (Wildman–Crippen MR) is 135 cm³/mol. The highest BCUT2D eigenvalue weighted by Crippen LogP contribution is 2.40. The number of carbonyl (C=O) groups is 3. The molecular weight excluding hydrogens is 470 g/mol. The Morgan fingerprint density at radius 3 is 1.89 bits per heavy atom. The van der Waals surface area contributed by atoms with Gasteiger partial charge in [-0.15, -0.1) is 0 Å². The van der Waals surface area contributed by atoms with Crippen molar-refractivity contribution < 1.29 is 23.9 Å². The summed E-state index contributed by atoms with van der Waals surface area (Å²) in [6.45, 7) is 7.32. The van der Waals surface area contributed by atoms with Gasteiger partial charge >= 0.3 is 18.0 Å². The first-order valence-electron chi connectivity index (χ1n) is 11.2. The fourth-order valence-corrected chi connectivity index (χ4v) is 4.13. The quantitative estimate of drug-likeness (QED) is 0.445. The zero-order chi connectivity index (χ0) is 25.5. The molecule has 3 rings (SSSR count). The van der Waals surface area contributed by atoms with Gasteiger partial charge in [0.25, 0.3) is 0 Å². The Kier molecular flexibility index (Phi) is 8.54. The number of benzene rings is 2. The Morgan fingerprint density at radius 1 is 0.857 bits per heavy atom. The highest BCUT2D eigenvalue weighted by atomic mass is 35.5. The lowest BCUT2D eigenvalue weighted by molar-refractivity contribution is -0.139. The lowest BCUT2D eigenvalue weighted by atomic mass is 9.80. The molecule has 2 aromatic carbocycles. The van der Waals surface area contributed by atoms with E-state index in [0.717, 1.165) is 0 Å².